The number of amides is 1. The Bertz CT molecular complexity index is 1180. The van der Waals surface area contributed by atoms with Crippen LogP contribution in [-0.2, 0) is 4.79 Å². The lowest BCUT2D eigenvalue weighted by Gasteiger charge is -2.09. The fourth-order valence-corrected chi connectivity index (χ4v) is 4.00. The van der Waals surface area contributed by atoms with Gasteiger partial charge in [0.1, 0.15) is 5.76 Å². The Hall–Kier alpha value is -3.13. The summed E-state index contributed by atoms with van der Waals surface area (Å²) < 4.78 is 6.84. The zero-order chi connectivity index (χ0) is 20.5. The summed E-state index contributed by atoms with van der Waals surface area (Å²) in [5.74, 6) is 0.871. The number of carbonyl (C=O) groups is 1. The van der Waals surface area contributed by atoms with E-state index in [0.717, 1.165) is 28.0 Å². The van der Waals surface area contributed by atoms with E-state index in [1.54, 1.807) is 13.0 Å². The Balaban J connectivity index is 1.69. The van der Waals surface area contributed by atoms with Crippen molar-refractivity contribution in [2.45, 2.75) is 38.1 Å². The molecule has 8 heteroatoms. The molecule has 1 amide bonds. The number of aryl methyl sites for hydroxylation is 3. The highest BCUT2D eigenvalue weighted by Crippen LogP contribution is 2.32. The summed E-state index contributed by atoms with van der Waals surface area (Å²) in [5, 5.41) is 11.5. The SMILES string of the molecule is Cc1cc(C)c2c(-c3ccccc3)nc(SC(C)C(=O)Nc3cc(C)on3)n2n1. The number of thioether (sulfide) groups is 1. The van der Waals surface area contributed by atoms with Crippen LogP contribution in [0, 0.1) is 20.8 Å². The molecule has 29 heavy (non-hydrogen) atoms. The first kappa shape index (κ1) is 19.2. The summed E-state index contributed by atoms with van der Waals surface area (Å²) in [5.41, 5.74) is 4.80. The van der Waals surface area contributed by atoms with Crippen LogP contribution in [0.3, 0.4) is 0 Å². The Kier molecular flexibility index (Phi) is 5.10. The first-order valence-electron chi connectivity index (χ1n) is 9.25. The maximum atomic E-state index is 12.6. The van der Waals surface area contributed by atoms with Crippen LogP contribution >= 0.6 is 11.8 Å². The number of imidazole rings is 1. The van der Waals surface area contributed by atoms with E-state index in [9.17, 15) is 4.79 Å². The normalized spacial score (nSPS) is 12.3. The van der Waals surface area contributed by atoms with E-state index in [-0.39, 0.29) is 5.91 Å². The fraction of sp³-hybridized carbons (Fsp3) is 0.238. The molecule has 0 saturated carbocycles. The van der Waals surface area contributed by atoms with Crippen molar-refractivity contribution >= 4 is 29.0 Å². The molecule has 1 aromatic carbocycles. The predicted octanol–water partition coefficient (Wildman–Crippen LogP) is 4.43. The lowest BCUT2D eigenvalue weighted by molar-refractivity contribution is -0.115. The van der Waals surface area contributed by atoms with Crippen LogP contribution in [0.2, 0.25) is 0 Å². The molecule has 1 unspecified atom stereocenters. The number of nitrogens with one attached hydrogen (secondary N) is 1. The van der Waals surface area contributed by atoms with Crippen LogP contribution in [-0.4, -0.2) is 30.9 Å². The summed E-state index contributed by atoms with van der Waals surface area (Å²) in [7, 11) is 0. The molecule has 4 rings (SSSR count). The van der Waals surface area contributed by atoms with E-state index >= 15 is 0 Å². The van der Waals surface area contributed by atoms with Gasteiger partial charge in [-0.1, -0.05) is 47.3 Å². The van der Waals surface area contributed by atoms with Gasteiger partial charge in [0.05, 0.1) is 22.2 Å². The van der Waals surface area contributed by atoms with E-state index in [4.69, 9.17) is 9.51 Å². The summed E-state index contributed by atoms with van der Waals surface area (Å²) in [4.78, 5) is 17.4. The van der Waals surface area contributed by atoms with Crippen LogP contribution in [0.1, 0.15) is 23.9 Å². The van der Waals surface area contributed by atoms with Crippen molar-refractivity contribution in [1.82, 2.24) is 19.8 Å². The zero-order valence-electron chi connectivity index (χ0n) is 16.6. The van der Waals surface area contributed by atoms with Gasteiger partial charge in [0, 0.05) is 11.6 Å². The van der Waals surface area contributed by atoms with Crippen LogP contribution in [0.15, 0.2) is 52.1 Å². The van der Waals surface area contributed by atoms with Crippen molar-refractivity contribution in [3.05, 3.63) is 59.5 Å². The second kappa shape index (κ2) is 7.71. The molecule has 3 heterocycles. The molecular formula is C21H21N5O2S. The van der Waals surface area contributed by atoms with Crippen molar-refractivity contribution in [2.24, 2.45) is 0 Å². The number of nitrogens with zero attached hydrogens (tertiary/aromatic N) is 4. The summed E-state index contributed by atoms with van der Waals surface area (Å²) in [6.45, 7) is 7.61. The van der Waals surface area contributed by atoms with Crippen molar-refractivity contribution in [3.63, 3.8) is 0 Å². The highest BCUT2D eigenvalue weighted by molar-refractivity contribution is 8.00. The maximum absolute atomic E-state index is 12.6. The minimum atomic E-state index is -0.399. The van der Waals surface area contributed by atoms with E-state index in [1.807, 2.05) is 54.8 Å². The molecule has 3 aromatic heterocycles. The molecule has 0 bridgehead atoms. The minimum Gasteiger partial charge on any atom is -0.360 e. The van der Waals surface area contributed by atoms with Gasteiger partial charge in [0.15, 0.2) is 11.0 Å². The van der Waals surface area contributed by atoms with E-state index < -0.39 is 5.25 Å². The number of anilines is 1. The molecule has 148 valence electrons. The maximum Gasteiger partial charge on any atom is 0.238 e. The Morgan fingerprint density at radius 3 is 2.62 bits per heavy atom. The second-order valence-corrected chi connectivity index (χ2v) is 8.22. The average molecular weight is 407 g/mol. The topological polar surface area (TPSA) is 85.3 Å². The van der Waals surface area contributed by atoms with E-state index in [0.29, 0.717) is 16.7 Å². The summed E-state index contributed by atoms with van der Waals surface area (Å²) in [6, 6.07) is 13.7. The molecule has 1 atom stereocenters. The van der Waals surface area contributed by atoms with Crippen molar-refractivity contribution in [3.8, 4) is 11.3 Å². The van der Waals surface area contributed by atoms with Crippen LogP contribution < -0.4 is 5.32 Å². The average Bonchev–Trinajstić information content (AvgIpc) is 3.26. The quantitative estimate of drug-likeness (QED) is 0.493. The third kappa shape index (κ3) is 3.88. The van der Waals surface area contributed by atoms with Crippen LogP contribution in [0.25, 0.3) is 16.8 Å². The lowest BCUT2D eigenvalue weighted by Crippen LogP contribution is -2.23. The summed E-state index contributed by atoms with van der Waals surface area (Å²) >= 11 is 1.36. The molecule has 0 aliphatic rings. The third-order valence-corrected chi connectivity index (χ3v) is 5.50. The van der Waals surface area contributed by atoms with E-state index in [1.165, 1.54) is 11.8 Å². The molecule has 1 N–H and O–H groups in total. The van der Waals surface area contributed by atoms with Crippen LogP contribution in [0.5, 0.6) is 0 Å². The second-order valence-electron chi connectivity index (χ2n) is 6.91. The van der Waals surface area contributed by atoms with Gasteiger partial charge in [-0.05, 0) is 39.3 Å². The van der Waals surface area contributed by atoms with Gasteiger partial charge in [-0.25, -0.2) is 9.50 Å². The Morgan fingerprint density at radius 1 is 1.17 bits per heavy atom. The molecule has 0 aliphatic carbocycles. The predicted molar refractivity (Wildman–Crippen MR) is 113 cm³/mol. The van der Waals surface area contributed by atoms with Gasteiger partial charge < -0.3 is 9.84 Å². The molecule has 7 nitrogen and oxygen atoms in total. The summed E-state index contributed by atoms with van der Waals surface area (Å²) in [6.07, 6.45) is 0. The number of rotatable bonds is 5. The first-order valence-corrected chi connectivity index (χ1v) is 10.1. The fourth-order valence-electron chi connectivity index (χ4n) is 3.15. The number of aromatic nitrogens is 4. The van der Waals surface area contributed by atoms with Crippen LogP contribution in [0.4, 0.5) is 5.82 Å². The van der Waals surface area contributed by atoms with Crippen molar-refractivity contribution in [2.75, 3.05) is 5.32 Å². The Labute approximate surface area is 172 Å². The van der Waals surface area contributed by atoms with Gasteiger partial charge >= 0.3 is 0 Å². The van der Waals surface area contributed by atoms with Gasteiger partial charge in [-0.15, -0.1) is 0 Å². The molecule has 0 fully saturated rings. The number of fused-ring (bicyclic) bond motifs is 1. The highest BCUT2D eigenvalue weighted by Gasteiger charge is 2.22. The van der Waals surface area contributed by atoms with Crippen molar-refractivity contribution in [1.29, 1.82) is 0 Å². The minimum absolute atomic E-state index is 0.175. The zero-order valence-corrected chi connectivity index (χ0v) is 17.4. The highest BCUT2D eigenvalue weighted by atomic mass is 32.2. The number of benzene rings is 1. The molecule has 4 aromatic rings. The van der Waals surface area contributed by atoms with E-state index in [2.05, 4.69) is 22.5 Å². The smallest absolute Gasteiger partial charge is 0.238 e. The van der Waals surface area contributed by atoms with Gasteiger partial charge in [-0.3, -0.25) is 4.79 Å². The molecule has 0 saturated heterocycles. The molecule has 0 radical (unpaired) electrons. The largest absolute Gasteiger partial charge is 0.360 e. The van der Waals surface area contributed by atoms with Gasteiger partial charge in [0.2, 0.25) is 5.91 Å². The Morgan fingerprint density at radius 2 is 1.93 bits per heavy atom. The number of hydrogen-bond donors (Lipinski definition) is 1. The van der Waals surface area contributed by atoms with Crippen molar-refractivity contribution < 1.29 is 9.32 Å². The third-order valence-electron chi connectivity index (χ3n) is 4.46. The number of carbonyl (C=O) groups excluding carboxylic acids is 1. The standard InChI is InChI=1S/C21H21N5O2S/c1-12-10-13(2)24-26-19(12)18(16-8-6-5-7-9-16)23-21(26)29-15(4)20(27)22-17-11-14(3)28-25-17/h5-11,15H,1-4H3,(H,22,25,27). The molecular weight excluding hydrogens is 386 g/mol. The molecule has 0 spiro atoms. The lowest BCUT2D eigenvalue weighted by atomic mass is 10.1. The van der Waals surface area contributed by atoms with Gasteiger partial charge in [-0.2, -0.15) is 5.10 Å². The monoisotopic (exact) mass is 407 g/mol. The molecule has 0 aliphatic heterocycles. The first-order chi connectivity index (χ1) is 13.9. The van der Waals surface area contributed by atoms with Gasteiger partial charge in [0.25, 0.3) is 0 Å². The number of hydrogen-bond acceptors (Lipinski definition) is 6.